The number of carboxylic acids is 1. The molecule has 0 radical (unpaired) electrons. The fourth-order valence-electron chi connectivity index (χ4n) is 3.05. The maximum atomic E-state index is 12.4. The number of carboxylic acid groups (broad SMARTS) is 1. The van der Waals surface area contributed by atoms with Gasteiger partial charge in [0.05, 0.1) is 5.60 Å². The SMILES string of the molecule is CC(C)(C)OC(=O)N1CCCC(OCC(=O)O)(c2ccncc2Br)CC1. The number of halogens is 1. The van der Waals surface area contributed by atoms with Crippen molar-refractivity contribution in [1.82, 2.24) is 9.88 Å². The number of ether oxygens (including phenoxy) is 2. The monoisotopic (exact) mass is 428 g/mol. The van der Waals surface area contributed by atoms with Crippen LogP contribution in [0.3, 0.4) is 0 Å². The Morgan fingerprint density at radius 3 is 2.69 bits per heavy atom. The topological polar surface area (TPSA) is 89.0 Å². The first kappa shape index (κ1) is 20.6. The van der Waals surface area contributed by atoms with Crippen LogP contribution in [0.25, 0.3) is 0 Å². The maximum absolute atomic E-state index is 12.4. The molecule has 1 atom stereocenters. The lowest BCUT2D eigenvalue weighted by atomic mass is 9.87. The van der Waals surface area contributed by atoms with E-state index in [1.165, 1.54) is 0 Å². The van der Waals surface area contributed by atoms with Crippen LogP contribution in [0.15, 0.2) is 22.9 Å². The first-order valence-corrected chi connectivity index (χ1v) is 9.36. The molecule has 2 rings (SSSR count). The molecule has 1 aromatic heterocycles. The summed E-state index contributed by atoms with van der Waals surface area (Å²) in [7, 11) is 0. The third kappa shape index (κ3) is 5.41. The highest BCUT2D eigenvalue weighted by Gasteiger charge is 2.39. The summed E-state index contributed by atoms with van der Waals surface area (Å²) in [4.78, 5) is 29.2. The van der Waals surface area contributed by atoms with Gasteiger partial charge in [-0.1, -0.05) is 0 Å². The van der Waals surface area contributed by atoms with Gasteiger partial charge in [0.15, 0.2) is 0 Å². The van der Waals surface area contributed by atoms with E-state index < -0.39 is 23.8 Å². The number of carbonyl (C=O) groups is 2. The second kappa shape index (κ2) is 8.35. The molecule has 1 aliphatic heterocycles. The van der Waals surface area contributed by atoms with Crippen LogP contribution in [0.5, 0.6) is 0 Å². The largest absolute Gasteiger partial charge is 0.480 e. The van der Waals surface area contributed by atoms with Crippen molar-refractivity contribution in [2.24, 2.45) is 0 Å². The molecule has 7 nitrogen and oxygen atoms in total. The Bertz CT molecular complexity index is 661. The molecule has 1 saturated heterocycles. The summed E-state index contributed by atoms with van der Waals surface area (Å²) < 4.78 is 12.1. The molecule has 1 N–H and O–H groups in total. The summed E-state index contributed by atoms with van der Waals surface area (Å²) in [5.74, 6) is -1.03. The second-order valence-electron chi connectivity index (χ2n) is 7.35. The summed E-state index contributed by atoms with van der Waals surface area (Å²) >= 11 is 3.49. The van der Waals surface area contributed by atoms with Crippen molar-refractivity contribution in [1.29, 1.82) is 0 Å². The number of nitrogens with zero attached hydrogens (tertiary/aromatic N) is 2. The molecule has 1 amide bonds. The quantitative estimate of drug-likeness (QED) is 0.788. The van der Waals surface area contributed by atoms with E-state index in [1.807, 2.05) is 26.8 Å². The van der Waals surface area contributed by atoms with Gasteiger partial charge in [-0.25, -0.2) is 9.59 Å². The number of amides is 1. The Kier molecular flexibility index (Phi) is 6.63. The fourth-order valence-corrected chi connectivity index (χ4v) is 3.66. The molecule has 0 aliphatic carbocycles. The van der Waals surface area contributed by atoms with E-state index >= 15 is 0 Å². The number of hydrogen-bond donors (Lipinski definition) is 1. The number of hydrogen-bond acceptors (Lipinski definition) is 5. The summed E-state index contributed by atoms with van der Waals surface area (Å²) in [5, 5.41) is 9.08. The molecule has 1 aromatic rings. The summed E-state index contributed by atoms with van der Waals surface area (Å²) in [5.41, 5.74) is -0.509. The lowest BCUT2D eigenvalue weighted by Crippen LogP contribution is -2.39. The average Bonchev–Trinajstić information content (AvgIpc) is 2.75. The van der Waals surface area contributed by atoms with E-state index in [4.69, 9.17) is 14.6 Å². The minimum absolute atomic E-state index is 0.361. The van der Waals surface area contributed by atoms with Gasteiger partial charge in [-0.05, 0) is 62.0 Å². The molecule has 1 aliphatic rings. The third-order valence-corrected chi connectivity index (χ3v) is 4.81. The first-order valence-electron chi connectivity index (χ1n) is 8.57. The van der Waals surface area contributed by atoms with E-state index in [0.717, 1.165) is 10.0 Å². The van der Waals surface area contributed by atoms with Crippen LogP contribution < -0.4 is 0 Å². The first-order chi connectivity index (χ1) is 12.1. The van der Waals surface area contributed by atoms with Gasteiger partial charge in [0.2, 0.25) is 0 Å². The molecular weight excluding hydrogens is 404 g/mol. The Balaban J connectivity index is 2.23. The summed E-state index contributed by atoms with van der Waals surface area (Å²) in [6.45, 7) is 6.05. The molecule has 0 saturated carbocycles. The zero-order valence-corrected chi connectivity index (χ0v) is 16.9. The van der Waals surface area contributed by atoms with Gasteiger partial charge >= 0.3 is 12.1 Å². The zero-order valence-electron chi connectivity index (χ0n) is 15.3. The lowest BCUT2D eigenvalue weighted by Gasteiger charge is -2.34. The van der Waals surface area contributed by atoms with E-state index in [2.05, 4.69) is 20.9 Å². The predicted octanol–water partition coefficient (Wildman–Crippen LogP) is 3.56. The van der Waals surface area contributed by atoms with Gasteiger partial charge in [-0.3, -0.25) is 4.98 Å². The lowest BCUT2D eigenvalue weighted by molar-refractivity contribution is -0.152. The van der Waals surface area contributed by atoms with Crippen LogP contribution in [-0.2, 0) is 19.9 Å². The Labute approximate surface area is 161 Å². The van der Waals surface area contributed by atoms with Crippen LogP contribution in [-0.4, -0.2) is 52.4 Å². The Hall–Kier alpha value is -1.67. The summed E-state index contributed by atoms with van der Waals surface area (Å²) in [6.07, 6.45) is 4.71. The van der Waals surface area contributed by atoms with Gasteiger partial charge in [0.1, 0.15) is 12.2 Å². The molecular formula is C18H25BrN2O5. The van der Waals surface area contributed by atoms with Crippen LogP contribution in [0.4, 0.5) is 4.79 Å². The van der Waals surface area contributed by atoms with Gasteiger partial charge in [0.25, 0.3) is 0 Å². The van der Waals surface area contributed by atoms with Crippen LogP contribution in [0, 0.1) is 0 Å². The van der Waals surface area contributed by atoms with E-state index in [1.54, 1.807) is 17.3 Å². The normalized spacial score (nSPS) is 21.2. The van der Waals surface area contributed by atoms with Crippen molar-refractivity contribution in [3.63, 3.8) is 0 Å². The van der Waals surface area contributed by atoms with Gasteiger partial charge in [0, 0.05) is 35.5 Å². The fraction of sp³-hybridized carbons (Fsp3) is 0.611. The van der Waals surface area contributed by atoms with E-state index in [9.17, 15) is 9.59 Å². The molecule has 0 spiro atoms. The molecule has 2 heterocycles. The van der Waals surface area contributed by atoms with E-state index in [-0.39, 0.29) is 6.09 Å². The van der Waals surface area contributed by atoms with Crippen molar-refractivity contribution >= 4 is 28.0 Å². The van der Waals surface area contributed by atoms with Crippen molar-refractivity contribution < 1.29 is 24.2 Å². The summed E-state index contributed by atoms with van der Waals surface area (Å²) in [6, 6.07) is 1.83. The molecule has 0 aromatic carbocycles. The number of aliphatic carboxylic acids is 1. The average molecular weight is 429 g/mol. The number of rotatable bonds is 4. The second-order valence-corrected chi connectivity index (χ2v) is 8.21. The third-order valence-electron chi connectivity index (χ3n) is 4.18. The number of aromatic nitrogens is 1. The molecule has 144 valence electrons. The Morgan fingerprint density at radius 2 is 2.08 bits per heavy atom. The van der Waals surface area contributed by atoms with Crippen LogP contribution >= 0.6 is 15.9 Å². The highest BCUT2D eigenvalue weighted by atomic mass is 79.9. The smallest absolute Gasteiger partial charge is 0.410 e. The van der Waals surface area contributed by atoms with Crippen molar-refractivity contribution in [3.8, 4) is 0 Å². The van der Waals surface area contributed by atoms with Gasteiger partial charge < -0.3 is 19.5 Å². The number of carbonyl (C=O) groups excluding carboxylic acids is 1. The van der Waals surface area contributed by atoms with Crippen LogP contribution in [0.1, 0.15) is 45.6 Å². The highest BCUT2D eigenvalue weighted by molar-refractivity contribution is 9.10. The number of pyridine rings is 1. The molecule has 1 unspecified atom stereocenters. The molecule has 26 heavy (non-hydrogen) atoms. The van der Waals surface area contributed by atoms with Crippen LogP contribution in [0.2, 0.25) is 0 Å². The minimum atomic E-state index is -1.03. The maximum Gasteiger partial charge on any atom is 0.410 e. The minimum Gasteiger partial charge on any atom is -0.480 e. The standard InChI is InChI=1S/C18H25BrN2O5/c1-17(2,3)26-16(24)21-9-4-6-18(7-10-21,25-12-15(22)23)13-5-8-20-11-14(13)19/h5,8,11H,4,6-7,9-10,12H2,1-3H3,(H,22,23). The Morgan fingerprint density at radius 1 is 1.35 bits per heavy atom. The highest BCUT2D eigenvalue weighted by Crippen LogP contribution is 2.40. The van der Waals surface area contributed by atoms with Crippen molar-refractivity contribution in [2.75, 3.05) is 19.7 Å². The van der Waals surface area contributed by atoms with Gasteiger partial charge in [-0.2, -0.15) is 0 Å². The van der Waals surface area contributed by atoms with Gasteiger partial charge in [-0.15, -0.1) is 0 Å². The molecule has 0 bridgehead atoms. The van der Waals surface area contributed by atoms with Crippen molar-refractivity contribution in [2.45, 2.75) is 51.2 Å². The number of likely N-dealkylation sites (tertiary alicyclic amines) is 1. The van der Waals surface area contributed by atoms with E-state index in [0.29, 0.717) is 32.4 Å². The van der Waals surface area contributed by atoms with Crippen molar-refractivity contribution in [3.05, 3.63) is 28.5 Å². The molecule has 8 heteroatoms. The zero-order chi connectivity index (χ0) is 19.4. The predicted molar refractivity (Wildman–Crippen MR) is 98.9 cm³/mol. The molecule has 1 fully saturated rings.